The number of hydrogen-bond acceptors (Lipinski definition) is 13. The van der Waals surface area contributed by atoms with E-state index in [1.807, 2.05) is 48.5 Å². The number of carbonyl (C=O) groups excluding carboxylic acids is 6. The second-order valence-electron chi connectivity index (χ2n) is 13.0. The van der Waals surface area contributed by atoms with Crippen LogP contribution in [0.1, 0.15) is 65.5 Å². The van der Waals surface area contributed by atoms with E-state index in [-0.39, 0.29) is 12.5 Å². The van der Waals surface area contributed by atoms with Gasteiger partial charge in [-0.3, -0.25) is 24.0 Å². The summed E-state index contributed by atoms with van der Waals surface area (Å²) in [7, 11) is 0. The Balaban J connectivity index is 1.63. The van der Waals surface area contributed by atoms with Gasteiger partial charge in [-0.2, -0.15) is 0 Å². The van der Waals surface area contributed by atoms with Crippen molar-refractivity contribution < 1.29 is 61.9 Å². The zero-order chi connectivity index (χ0) is 36.7. The molecular weight excluding hydrogens is 654 g/mol. The normalized spacial score (nSPS) is 21.8. The highest BCUT2D eigenvalue weighted by atomic mass is 16.7. The van der Waals surface area contributed by atoms with Crippen molar-refractivity contribution in [1.82, 2.24) is 5.32 Å². The highest BCUT2D eigenvalue weighted by Gasteiger charge is 2.56. The Hall–Kier alpha value is -4.98. The van der Waals surface area contributed by atoms with E-state index in [2.05, 4.69) is 5.32 Å². The lowest BCUT2D eigenvalue weighted by Crippen LogP contribution is -2.65. The fraction of sp³-hybridized carbons (Fsp3) is 0.500. The van der Waals surface area contributed by atoms with E-state index in [9.17, 15) is 28.8 Å². The molecule has 1 fully saturated rings. The number of esters is 5. The fourth-order valence-corrected chi connectivity index (χ4v) is 6.14. The zero-order valence-electron chi connectivity index (χ0n) is 29.1. The first-order valence-electron chi connectivity index (χ1n) is 16.2. The topological polar surface area (TPSA) is 179 Å². The Morgan fingerprint density at radius 2 is 1.22 bits per heavy atom. The maximum atomic E-state index is 13.8. The monoisotopic (exact) mass is 697 g/mol. The van der Waals surface area contributed by atoms with Crippen LogP contribution in [0.3, 0.4) is 0 Å². The lowest BCUT2D eigenvalue weighted by Gasteiger charge is -2.46. The molecule has 1 saturated heterocycles. The van der Waals surface area contributed by atoms with Crippen LogP contribution in [0.4, 0.5) is 4.79 Å². The molecule has 6 atom stereocenters. The van der Waals surface area contributed by atoms with E-state index in [0.717, 1.165) is 49.9 Å². The number of hydrogen-bond donors (Lipinski definition) is 1. The van der Waals surface area contributed by atoms with Gasteiger partial charge in [0.25, 0.3) is 0 Å². The van der Waals surface area contributed by atoms with Crippen LogP contribution in [0.2, 0.25) is 0 Å². The van der Waals surface area contributed by atoms with Crippen molar-refractivity contribution in [3.63, 3.8) is 0 Å². The summed E-state index contributed by atoms with van der Waals surface area (Å²) in [6, 6.07) is 15.7. The lowest BCUT2D eigenvalue weighted by atomic mass is 9.86. The van der Waals surface area contributed by atoms with Crippen LogP contribution in [-0.4, -0.2) is 91.8 Å². The maximum absolute atomic E-state index is 13.8. The largest absolute Gasteiger partial charge is 0.463 e. The molecule has 0 saturated carbocycles. The van der Waals surface area contributed by atoms with Gasteiger partial charge in [0.2, 0.25) is 0 Å². The minimum absolute atomic E-state index is 0.00395. The summed E-state index contributed by atoms with van der Waals surface area (Å²) in [5, 5.41) is 2.60. The summed E-state index contributed by atoms with van der Waals surface area (Å²) < 4.78 is 39.2. The number of alkyl carbamates (subject to hydrolysis) is 1. The van der Waals surface area contributed by atoms with Gasteiger partial charge in [-0.05, 0) is 43.0 Å². The molecule has 270 valence electrons. The minimum Gasteiger partial charge on any atom is -0.463 e. The molecule has 2 aliphatic rings. The third-order valence-corrected chi connectivity index (χ3v) is 7.94. The number of rotatable bonds is 11. The van der Waals surface area contributed by atoms with Crippen LogP contribution >= 0.6 is 0 Å². The van der Waals surface area contributed by atoms with Crippen LogP contribution in [0.25, 0.3) is 11.1 Å². The predicted molar refractivity (Wildman–Crippen MR) is 174 cm³/mol. The van der Waals surface area contributed by atoms with E-state index in [1.54, 1.807) is 20.8 Å². The molecule has 50 heavy (non-hydrogen) atoms. The average molecular weight is 698 g/mol. The van der Waals surface area contributed by atoms with Crippen LogP contribution in [0.15, 0.2) is 48.5 Å². The fourth-order valence-electron chi connectivity index (χ4n) is 6.14. The first-order chi connectivity index (χ1) is 23.6. The molecule has 2 aromatic carbocycles. The van der Waals surface area contributed by atoms with Crippen LogP contribution in [0.5, 0.6) is 0 Å². The summed E-state index contributed by atoms with van der Waals surface area (Å²) in [6.07, 6.45) is -8.12. The van der Waals surface area contributed by atoms with Crippen LogP contribution in [0, 0.1) is 5.92 Å². The number of ether oxygens (including phenoxy) is 7. The van der Waals surface area contributed by atoms with Gasteiger partial charge < -0.3 is 38.5 Å². The summed E-state index contributed by atoms with van der Waals surface area (Å²) in [4.78, 5) is 75.6. The molecule has 0 bridgehead atoms. The lowest BCUT2D eigenvalue weighted by molar-refractivity contribution is -0.261. The molecule has 2 aromatic rings. The van der Waals surface area contributed by atoms with Crippen molar-refractivity contribution in [2.24, 2.45) is 5.92 Å². The molecule has 14 heteroatoms. The molecular formula is C36H43NO13. The molecule has 1 aliphatic carbocycles. The molecule has 0 unspecified atom stereocenters. The zero-order valence-corrected chi connectivity index (χ0v) is 29.1. The van der Waals surface area contributed by atoms with Crippen molar-refractivity contribution in [2.75, 3.05) is 19.8 Å². The Kier molecular flexibility index (Phi) is 12.2. The van der Waals surface area contributed by atoms with Gasteiger partial charge in [0.05, 0.1) is 0 Å². The summed E-state index contributed by atoms with van der Waals surface area (Å²) in [6.45, 7) is 8.38. The quantitative estimate of drug-likeness (QED) is 0.266. The predicted octanol–water partition coefficient (Wildman–Crippen LogP) is 3.61. The summed E-state index contributed by atoms with van der Waals surface area (Å²) in [5.74, 6) is -5.67. The smallest absolute Gasteiger partial charge is 0.407 e. The van der Waals surface area contributed by atoms with Gasteiger partial charge in [0.1, 0.15) is 36.9 Å². The Morgan fingerprint density at radius 3 is 1.74 bits per heavy atom. The minimum atomic E-state index is -1.55. The van der Waals surface area contributed by atoms with Crippen molar-refractivity contribution in [3.05, 3.63) is 59.7 Å². The van der Waals surface area contributed by atoms with E-state index in [4.69, 9.17) is 33.2 Å². The first kappa shape index (κ1) is 37.8. The van der Waals surface area contributed by atoms with E-state index < -0.39 is 91.1 Å². The number of amides is 1. The standard InChI is InChI=1S/C36H43NO13/c1-19(38)44-18-29-31(46-20(2)39)33(48-22(4)41)32(47-21(3)40)30(49-29)27(34(42)50-36(5,6)7)16-37-35(43)45-17-28-25-14-10-8-12-23(25)24-13-9-11-15-26(24)28/h8-15,27-33H,16-18H2,1-7H3,(H,37,43)/t27-,29-,30-,31-,32+,33+/m1/s1. The molecule has 1 N–H and O–H groups in total. The highest BCUT2D eigenvalue weighted by molar-refractivity contribution is 5.79. The van der Waals surface area contributed by atoms with Gasteiger partial charge >= 0.3 is 35.9 Å². The third-order valence-electron chi connectivity index (χ3n) is 7.94. The van der Waals surface area contributed by atoms with Gasteiger partial charge in [-0.1, -0.05) is 48.5 Å². The number of carbonyl (C=O) groups is 6. The van der Waals surface area contributed by atoms with Gasteiger partial charge in [0.15, 0.2) is 18.3 Å². The second-order valence-corrected chi connectivity index (χ2v) is 13.0. The Morgan fingerprint density at radius 1 is 0.700 bits per heavy atom. The highest BCUT2D eigenvalue weighted by Crippen LogP contribution is 2.44. The van der Waals surface area contributed by atoms with E-state index in [0.29, 0.717) is 0 Å². The van der Waals surface area contributed by atoms with Crippen molar-refractivity contribution in [1.29, 1.82) is 0 Å². The molecule has 0 aromatic heterocycles. The first-order valence-corrected chi connectivity index (χ1v) is 16.2. The SMILES string of the molecule is CC(=O)OC[C@H]1O[C@H]([C@@H](CNC(=O)OCC2c3ccccc3-c3ccccc32)C(=O)OC(C)(C)C)[C@H](OC(C)=O)[C@@H](OC(C)=O)[C@@H]1OC(C)=O. The van der Waals surface area contributed by atoms with Gasteiger partial charge in [-0.25, -0.2) is 4.79 Å². The third kappa shape index (κ3) is 9.59. The van der Waals surface area contributed by atoms with Crippen LogP contribution < -0.4 is 5.32 Å². The molecule has 0 spiro atoms. The second kappa shape index (κ2) is 16.2. The molecule has 0 radical (unpaired) electrons. The Labute approximate surface area is 290 Å². The van der Waals surface area contributed by atoms with Crippen molar-refractivity contribution in [3.8, 4) is 11.1 Å². The summed E-state index contributed by atoms with van der Waals surface area (Å²) in [5.41, 5.74) is 3.10. The number of nitrogens with one attached hydrogen (secondary N) is 1. The molecule has 4 rings (SSSR count). The van der Waals surface area contributed by atoms with E-state index in [1.165, 1.54) is 0 Å². The van der Waals surface area contributed by atoms with Gasteiger partial charge in [0, 0.05) is 40.2 Å². The molecule has 1 heterocycles. The summed E-state index contributed by atoms with van der Waals surface area (Å²) >= 11 is 0. The molecule has 14 nitrogen and oxygen atoms in total. The maximum Gasteiger partial charge on any atom is 0.407 e. The number of benzene rings is 2. The van der Waals surface area contributed by atoms with E-state index >= 15 is 0 Å². The van der Waals surface area contributed by atoms with Crippen LogP contribution in [-0.2, 0) is 57.1 Å². The van der Waals surface area contributed by atoms with Crippen molar-refractivity contribution in [2.45, 2.75) is 90.5 Å². The molecule has 1 aliphatic heterocycles. The Bertz CT molecular complexity index is 1550. The average Bonchev–Trinajstić information content (AvgIpc) is 3.33. The van der Waals surface area contributed by atoms with Crippen molar-refractivity contribution >= 4 is 35.9 Å². The molecule has 1 amide bonds. The van der Waals surface area contributed by atoms with Gasteiger partial charge in [-0.15, -0.1) is 0 Å². The number of fused-ring (bicyclic) bond motifs is 3.